The van der Waals surface area contributed by atoms with Gasteiger partial charge >= 0.3 is 0 Å². The Labute approximate surface area is 86.1 Å². The molecule has 2 rings (SSSR count). The highest BCUT2D eigenvalue weighted by atomic mass is 16.5. The van der Waals surface area contributed by atoms with Crippen molar-refractivity contribution in [3.8, 4) is 0 Å². The Bertz CT molecular complexity index is 251. The molecule has 0 atom stereocenters. The molecule has 0 aromatic heterocycles. The Morgan fingerprint density at radius 2 is 1.93 bits per heavy atom. The fourth-order valence-corrected chi connectivity index (χ4v) is 1.74. The third kappa shape index (κ3) is 2.85. The minimum absolute atomic E-state index is 0.866. The van der Waals surface area contributed by atoms with Crippen LogP contribution in [0.3, 0.4) is 0 Å². The van der Waals surface area contributed by atoms with Crippen LogP contribution >= 0.6 is 0 Å². The van der Waals surface area contributed by atoms with Crippen LogP contribution in [0.4, 0.5) is 0 Å². The third-order valence-electron chi connectivity index (χ3n) is 2.96. The lowest BCUT2D eigenvalue weighted by molar-refractivity contribution is 0.0722. The first-order valence-electron chi connectivity index (χ1n) is 5.57. The first-order chi connectivity index (χ1) is 6.95. The van der Waals surface area contributed by atoms with Gasteiger partial charge in [-0.2, -0.15) is 0 Å². The van der Waals surface area contributed by atoms with Crippen molar-refractivity contribution in [1.29, 1.82) is 0 Å². The number of hydrogen-bond donors (Lipinski definition) is 0. The summed E-state index contributed by atoms with van der Waals surface area (Å²) in [6.45, 7) is 1.85. The quantitative estimate of drug-likeness (QED) is 0.648. The van der Waals surface area contributed by atoms with E-state index in [0.717, 1.165) is 25.6 Å². The van der Waals surface area contributed by atoms with Gasteiger partial charge in [-0.25, -0.2) is 0 Å². The zero-order chi connectivity index (χ0) is 9.64. The molecule has 1 aromatic carbocycles. The first-order valence-corrected chi connectivity index (χ1v) is 5.57. The van der Waals surface area contributed by atoms with E-state index in [9.17, 15) is 0 Å². The summed E-state index contributed by atoms with van der Waals surface area (Å²) in [5.74, 6) is 0.866. The summed E-state index contributed by atoms with van der Waals surface area (Å²) in [5, 5.41) is 0. The molecule has 1 heteroatoms. The van der Waals surface area contributed by atoms with Crippen LogP contribution in [0, 0.1) is 5.92 Å². The largest absolute Gasteiger partial charge is 0.381 e. The normalized spacial score (nSPS) is 16.6. The van der Waals surface area contributed by atoms with Gasteiger partial charge in [0.1, 0.15) is 0 Å². The Morgan fingerprint density at radius 1 is 1.14 bits per heavy atom. The summed E-state index contributed by atoms with van der Waals surface area (Å²) in [7, 11) is 0. The monoisotopic (exact) mass is 190 g/mol. The fourth-order valence-electron chi connectivity index (χ4n) is 1.74. The van der Waals surface area contributed by atoms with E-state index in [1.807, 2.05) is 0 Å². The van der Waals surface area contributed by atoms with Crippen molar-refractivity contribution in [2.24, 2.45) is 5.92 Å². The Kier molecular flexibility index (Phi) is 3.58. The molecule has 1 nitrogen and oxygen atoms in total. The predicted molar refractivity (Wildman–Crippen MR) is 58.3 cm³/mol. The molecule has 14 heavy (non-hydrogen) atoms. The first kappa shape index (κ1) is 9.72. The maximum Gasteiger partial charge on any atom is 0.0506 e. The van der Waals surface area contributed by atoms with E-state index >= 15 is 0 Å². The van der Waals surface area contributed by atoms with Gasteiger partial charge in [-0.15, -0.1) is 0 Å². The van der Waals surface area contributed by atoms with Crippen molar-refractivity contribution in [2.75, 3.05) is 13.2 Å². The molecular formula is C13H18O. The van der Waals surface area contributed by atoms with Gasteiger partial charge in [0.15, 0.2) is 0 Å². The lowest BCUT2D eigenvalue weighted by Crippen LogP contribution is -2.18. The Balaban J connectivity index is 1.58. The van der Waals surface area contributed by atoms with Gasteiger partial charge in [0.2, 0.25) is 0 Å². The van der Waals surface area contributed by atoms with E-state index in [2.05, 4.69) is 30.3 Å². The summed E-state index contributed by atoms with van der Waals surface area (Å²) < 4.78 is 5.64. The average molecular weight is 190 g/mol. The second kappa shape index (κ2) is 5.16. The highest BCUT2D eigenvalue weighted by molar-refractivity contribution is 5.14. The maximum absolute atomic E-state index is 5.64. The molecule has 0 bridgehead atoms. The molecule has 0 N–H and O–H groups in total. The smallest absolute Gasteiger partial charge is 0.0506 e. The van der Waals surface area contributed by atoms with Crippen LogP contribution < -0.4 is 0 Å². The second-order valence-electron chi connectivity index (χ2n) is 4.11. The van der Waals surface area contributed by atoms with E-state index in [0.29, 0.717) is 0 Å². The zero-order valence-electron chi connectivity index (χ0n) is 8.61. The van der Waals surface area contributed by atoms with Gasteiger partial charge in [-0.1, -0.05) is 36.8 Å². The molecule has 0 saturated heterocycles. The second-order valence-corrected chi connectivity index (χ2v) is 4.11. The van der Waals surface area contributed by atoms with Crippen molar-refractivity contribution in [3.63, 3.8) is 0 Å². The minimum Gasteiger partial charge on any atom is -0.381 e. The van der Waals surface area contributed by atoms with Gasteiger partial charge in [-0.3, -0.25) is 0 Å². The zero-order valence-corrected chi connectivity index (χ0v) is 8.61. The van der Waals surface area contributed by atoms with Crippen LogP contribution in [0.2, 0.25) is 0 Å². The minimum atomic E-state index is 0.866. The van der Waals surface area contributed by atoms with Gasteiger partial charge in [0.05, 0.1) is 6.61 Å². The average Bonchev–Trinajstić information content (AvgIpc) is 2.16. The molecule has 0 unspecified atom stereocenters. The molecule has 1 aliphatic carbocycles. The number of rotatable bonds is 5. The van der Waals surface area contributed by atoms with Crippen LogP contribution in [-0.4, -0.2) is 13.2 Å². The van der Waals surface area contributed by atoms with E-state index in [1.54, 1.807) is 0 Å². The molecule has 0 heterocycles. The van der Waals surface area contributed by atoms with Crippen LogP contribution in [0.1, 0.15) is 24.8 Å². The summed E-state index contributed by atoms with van der Waals surface area (Å²) in [6, 6.07) is 10.5. The molecule has 1 fully saturated rings. The van der Waals surface area contributed by atoms with Crippen molar-refractivity contribution >= 4 is 0 Å². The summed E-state index contributed by atoms with van der Waals surface area (Å²) >= 11 is 0. The lowest BCUT2D eigenvalue weighted by atomic mass is 9.86. The summed E-state index contributed by atoms with van der Waals surface area (Å²) in [4.78, 5) is 0. The molecule has 0 radical (unpaired) electrons. The van der Waals surface area contributed by atoms with Crippen LogP contribution in [0.5, 0.6) is 0 Å². The van der Waals surface area contributed by atoms with Gasteiger partial charge < -0.3 is 4.74 Å². The molecule has 1 saturated carbocycles. The molecular weight excluding hydrogens is 172 g/mol. The molecule has 0 aliphatic heterocycles. The van der Waals surface area contributed by atoms with Gasteiger partial charge in [0.25, 0.3) is 0 Å². The number of hydrogen-bond acceptors (Lipinski definition) is 1. The van der Waals surface area contributed by atoms with Crippen molar-refractivity contribution < 1.29 is 4.74 Å². The van der Waals surface area contributed by atoms with Crippen molar-refractivity contribution in [1.82, 2.24) is 0 Å². The van der Waals surface area contributed by atoms with E-state index in [1.165, 1.54) is 24.8 Å². The van der Waals surface area contributed by atoms with Crippen molar-refractivity contribution in [2.45, 2.75) is 25.7 Å². The fraction of sp³-hybridized carbons (Fsp3) is 0.538. The van der Waals surface area contributed by atoms with Crippen LogP contribution in [0.15, 0.2) is 30.3 Å². The van der Waals surface area contributed by atoms with E-state index < -0.39 is 0 Å². The van der Waals surface area contributed by atoms with E-state index in [4.69, 9.17) is 4.74 Å². The standard InChI is InChI=1S/C13H18O/c1-2-5-12(6-3-1)9-10-14-11-13-7-4-8-13/h1-3,5-6,13H,4,7-11H2. The van der Waals surface area contributed by atoms with E-state index in [-0.39, 0.29) is 0 Å². The van der Waals surface area contributed by atoms with Crippen LogP contribution in [-0.2, 0) is 11.2 Å². The predicted octanol–water partition coefficient (Wildman–Crippen LogP) is 3.05. The molecule has 76 valence electrons. The maximum atomic E-state index is 5.64. The van der Waals surface area contributed by atoms with Crippen molar-refractivity contribution in [3.05, 3.63) is 35.9 Å². The van der Waals surface area contributed by atoms with Gasteiger partial charge in [-0.05, 0) is 30.7 Å². The SMILES string of the molecule is c1ccc(CCOCC2CCC2)cc1. The lowest BCUT2D eigenvalue weighted by Gasteiger charge is -2.24. The van der Waals surface area contributed by atoms with Crippen LogP contribution in [0.25, 0.3) is 0 Å². The molecule has 1 aromatic rings. The highest BCUT2D eigenvalue weighted by Gasteiger charge is 2.16. The highest BCUT2D eigenvalue weighted by Crippen LogP contribution is 2.26. The molecule has 0 spiro atoms. The van der Waals surface area contributed by atoms with Gasteiger partial charge in [0, 0.05) is 6.61 Å². The summed E-state index contributed by atoms with van der Waals surface area (Å²) in [5.41, 5.74) is 1.38. The Hall–Kier alpha value is -0.820. The topological polar surface area (TPSA) is 9.23 Å². The third-order valence-corrected chi connectivity index (χ3v) is 2.96. The molecule has 0 amide bonds. The Morgan fingerprint density at radius 3 is 2.57 bits per heavy atom. The number of ether oxygens (including phenoxy) is 1. The molecule has 1 aliphatic rings. The number of benzene rings is 1. The summed E-state index contributed by atoms with van der Waals surface area (Å²) in [6.07, 6.45) is 5.22.